The molecule has 0 bridgehead atoms. The number of aliphatic hydroxyl groups excluding tert-OH is 1. The van der Waals surface area contributed by atoms with E-state index in [4.69, 9.17) is 5.73 Å². The number of carbonyl (C=O) groups is 2. The van der Waals surface area contributed by atoms with Crippen molar-refractivity contribution in [2.45, 2.75) is 75.3 Å². The highest BCUT2D eigenvalue weighted by Crippen LogP contribution is 2.43. The van der Waals surface area contributed by atoms with Crippen molar-refractivity contribution >= 4 is 40.4 Å². The Morgan fingerprint density at radius 3 is 2.45 bits per heavy atom. The lowest BCUT2D eigenvalue weighted by Gasteiger charge is -2.39. The highest BCUT2D eigenvalue weighted by Gasteiger charge is 2.44. The first kappa shape index (κ1) is 34.2. The first-order valence-corrected chi connectivity index (χ1v) is 16.9. The van der Waals surface area contributed by atoms with Crippen molar-refractivity contribution in [1.29, 1.82) is 5.26 Å². The van der Waals surface area contributed by atoms with Gasteiger partial charge in [0.25, 0.3) is 0 Å². The highest BCUT2D eigenvalue weighted by atomic mass is 32.2. The van der Waals surface area contributed by atoms with E-state index in [1.165, 1.54) is 17.0 Å². The summed E-state index contributed by atoms with van der Waals surface area (Å²) in [7, 11) is 0. The third kappa shape index (κ3) is 8.05. The Kier molecular flexibility index (Phi) is 10.1. The third-order valence-electron chi connectivity index (χ3n) is 8.65. The Labute approximate surface area is 277 Å². The molecule has 2 aliphatic rings. The largest absolute Gasteiger partial charge is 0.598 e. The number of nitrogens with one attached hydrogen (secondary N) is 3. The second kappa shape index (κ2) is 13.9. The summed E-state index contributed by atoms with van der Waals surface area (Å²) in [5.41, 5.74) is 7.19. The second-order valence-electron chi connectivity index (χ2n) is 13.4. The molecule has 0 aromatic heterocycles. The predicted molar refractivity (Wildman–Crippen MR) is 181 cm³/mol. The van der Waals surface area contributed by atoms with Crippen molar-refractivity contribution in [2.75, 3.05) is 22.9 Å². The minimum atomic E-state index is -1.57. The van der Waals surface area contributed by atoms with Crippen LogP contribution in [0.2, 0.25) is 0 Å². The summed E-state index contributed by atoms with van der Waals surface area (Å²) in [6.07, 6.45) is 2.54. The number of hydrogen-bond donors (Lipinski definition) is 5. The summed E-state index contributed by atoms with van der Waals surface area (Å²) in [6, 6.07) is 18.5. The van der Waals surface area contributed by atoms with E-state index in [-0.39, 0.29) is 18.7 Å². The van der Waals surface area contributed by atoms with E-state index in [2.05, 4.69) is 21.4 Å². The number of amides is 3. The number of β-amino-alcohol motifs (C(OH)–C–C–N with tert-alkyl or cyclic N) is 1. The number of hydrogen-bond acceptors (Lipinski definition) is 7. The molecule has 2 fully saturated rings. The van der Waals surface area contributed by atoms with Gasteiger partial charge in [0.1, 0.15) is 22.1 Å². The van der Waals surface area contributed by atoms with Gasteiger partial charge in [0, 0.05) is 35.7 Å². The molecule has 3 aromatic carbocycles. The number of nitrogen functional groups attached to an aromatic ring is 1. The number of carbonyl (C=O) groups excluding carboxylic acids is 2. The smallest absolute Gasteiger partial charge is 0.322 e. The van der Waals surface area contributed by atoms with Gasteiger partial charge >= 0.3 is 6.03 Å². The van der Waals surface area contributed by atoms with E-state index >= 15 is 4.39 Å². The number of nitrogens with zero attached hydrogens (tertiary/aromatic N) is 2. The molecule has 5 rings (SSSR count). The zero-order valence-electron chi connectivity index (χ0n) is 26.8. The molecule has 10 nitrogen and oxygen atoms in total. The van der Waals surface area contributed by atoms with Crippen molar-refractivity contribution in [3.63, 3.8) is 0 Å². The summed E-state index contributed by atoms with van der Waals surface area (Å²) in [6.45, 7) is 5.49. The summed E-state index contributed by atoms with van der Waals surface area (Å²) in [5, 5.41) is 25.5. The summed E-state index contributed by atoms with van der Waals surface area (Å²) in [5.74, 6) is -0.846. The lowest BCUT2D eigenvalue weighted by molar-refractivity contribution is -0.119. The van der Waals surface area contributed by atoms with Gasteiger partial charge in [-0.3, -0.25) is 4.79 Å². The Morgan fingerprint density at radius 1 is 1.09 bits per heavy atom. The van der Waals surface area contributed by atoms with Crippen LogP contribution in [-0.4, -0.2) is 49.9 Å². The third-order valence-corrected chi connectivity index (χ3v) is 10.3. The van der Waals surface area contributed by atoms with Crippen LogP contribution in [0.5, 0.6) is 0 Å². The van der Waals surface area contributed by atoms with Crippen LogP contribution in [0.1, 0.15) is 69.6 Å². The van der Waals surface area contributed by atoms with Gasteiger partial charge in [0.05, 0.1) is 23.4 Å². The number of likely N-dealkylation sites (tertiary alicyclic amines) is 1. The normalized spacial score (nSPS) is 19.8. The quantitative estimate of drug-likeness (QED) is 0.144. The van der Waals surface area contributed by atoms with E-state index in [1.807, 2.05) is 26.8 Å². The van der Waals surface area contributed by atoms with Crippen molar-refractivity contribution in [3.8, 4) is 6.07 Å². The molecule has 248 valence electrons. The van der Waals surface area contributed by atoms with Crippen LogP contribution in [0.25, 0.3) is 0 Å². The fourth-order valence-electron chi connectivity index (χ4n) is 5.77. The molecule has 1 heterocycles. The van der Waals surface area contributed by atoms with Gasteiger partial charge in [0.2, 0.25) is 5.91 Å². The van der Waals surface area contributed by atoms with Gasteiger partial charge < -0.3 is 30.9 Å². The monoisotopic (exact) mass is 660 g/mol. The number of urea groups is 1. The molecule has 1 aliphatic carbocycles. The van der Waals surface area contributed by atoms with E-state index in [1.54, 1.807) is 48.5 Å². The van der Waals surface area contributed by atoms with Crippen LogP contribution in [0, 0.1) is 23.1 Å². The van der Waals surface area contributed by atoms with E-state index in [0.29, 0.717) is 40.4 Å². The average molecular weight is 661 g/mol. The minimum absolute atomic E-state index is 0.0271. The van der Waals surface area contributed by atoms with Crippen LogP contribution >= 0.6 is 0 Å². The van der Waals surface area contributed by atoms with Gasteiger partial charge in [-0.25, -0.2) is 9.18 Å². The number of rotatable bonds is 10. The molecular formula is C35H41FN6O4S. The molecule has 0 spiro atoms. The maximum atomic E-state index is 15.5. The summed E-state index contributed by atoms with van der Waals surface area (Å²) < 4.78 is 31.9. The molecule has 12 heteroatoms. The van der Waals surface area contributed by atoms with Crippen LogP contribution in [0.3, 0.4) is 0 Å². The average Bonchev–Trinajstić information content (AvgIpc) is 3.79. The standard InChI is InChI=1S/C35H41FN6O4S/c1-34(2,3)47(46)41-35(16-15-22-7-8-22,24-6-4-5-23(17-24)20-37)25-9-14-29(36)30(18-25)40-32(44)31-19-28(43)21-42(31)33(45)39-27-12-10-26(38)11-13-27/h4-6,9-14,17-18,22,28,31,41,43H,7-8,15-16,19,21,38H2,1-3H3,(H,39,45)(H,40,44)/t28-,31-,35?,47-/m1/s1. The maximum absolute atomic E-state index is 15.5. The molecule has 6 N–H and O–H groups in total. The molecule has 0 radical (unpaired) electrons. The Morgan fingerprint density at radius 2 is 1.79 bits per heavy atom. The van der Waals surface area contributed by atoms with E-state index in [0.717, 1.165) is 19.3 Å². The lowest BCUT2D eigenvalue weighted by Crippen LogP contribution is -2.52. The summed E-state index contributed by atoms with van der Waals surface area (Å²) >= 11 is -1.57. The van der Waals surface area contributed by atoms with Crippen molar-refractivity contribution in [3.05, 3.63) is 89.2 Å². The molecule has 4 atom stereocenters. The van der Waals surface area contributed by atoms with E-state index < -0.39 is 51.5 Å². The van der Waals surface area contributed by atoms with Crippen molar-refractivity contribution < 1.29 is 23.6 Å². The molecular weight excluding hydrogens is 619 g/mol. The number of nitriles is 1. The fourth-order valence-corrected chi connectivity index (χ4v) is 6.73. The Balaban J connectivity index is 1.48. The SMILES string of the molecule is CC(C)(C)[S@@+]([O-])NC(CCC1CC1)(c1cccc(C#N)c1)c1ccc(F)c(NC(=O)[C@H]2C[C@@H](O)CN2C(=O)Nc2ccc(N)cc2)c1. The fraction of sp³-hybridized carbons (Fsp3) is 0.400. The zero-order chi connectivity index (χ0) is 33.9. The van der Waals surface area contributed by atoms with Gasteiger partial charge in [-0.2, -0.15) is 5.26 Å². The number of anilines is 3. The summed E-state index contributed by atoms with van der Waals surface area (Å²) in [4.78, 5) is 28.0. The van der Waals surface area contributed by atoms with Crippen molar-refractivity contribution in [2.24, 2.45) is 5.92 Å². The van der Waals surface area contributed by atoms with E-state index in [9.17, 15) is 24.5 Å². The van der Waals surface area contributed by atoms with Gasteiger partial charge in [-0.05, 0) is 99.2 Å². The number of benzene rings is 3. The van der Waals surface area contributed by atoms with Crippen LogP contribution in [0.4, 0.5) is 26.2 Å². The Hall–Kier alpha value is -4.15. The van der Waals surface area contributed by atoms with Gasteiger partial charge in [-0.1, -0.05) is 31.0 Å². The predicted octanol–water partition coefficient (Wildman–Crippen LogP) is 5.37. The van der Waals surface area contributed by atoms with Gasteiger partial charge in [0.15, 0.2) is 0 Å². The Bertz CT molecular complexity index is 1650. The molecule has 3 amide bonds. The number of halogens is 1. The van der Waals surface area contributed by atoms with Crippen LogP contribution in [-0.2, 0) is 21.7 Å². The number of nitrogens with two attached hydrogens (primary N) is 1. The zero-order valence-corrected chi connectivity index (χ0v) is 27.6. The first-order chi connectivity index (χ1) is 22.3. The minimum Gasteiger partial charge on any atom is -0.598 e. The first-order valence-electron chi connectivity index (χ1n) is 15.7. The van der Waals surface area contributed by atoms with Crippen molar-refractivity contribution in [1.82, 2.24) is 9.62 Å². The number of aliphatic hydroxyl groups is 1. The molecule has 47 heavy (non-hydrogen) atoms. The molecule has 1 aliphatic heterocycles. The molecule has 1 saturated carbocycles. The topological polar surface area (TPSA) is 167 Å². The van der Waals surface area contributed by atoms with Crippen LogP contribution < -0.4 is 21.1 Å². The lowest BCUT2D eigenvalue weighted by atomic mass is 9.79. The highest BCUT2D eigenvalue weighted by molar-refractivity contribution is 7.90. The molecule has 1 unspecified atom stereocenters. The molecule has 1 saturated heterocycles. The second-order valence-corrected chi connectivity index (χ2v) is 15.3. The van der Waals surface area contributed by atoms with Crippen LogP contribution in [0.15, 0.2) is 66.7 Å². The maximum Gasteiger partial charge on any atom is 0.322 e. The molecule has 3 aromatic rings. The van der Waals surface area contributed by atoms with Gasteiger partial charge in [-0.15, -0.1) is 4.72 Å².